The summed E-state index contributed by atoms with van der Waals surface area (Å²) >= 11 is 6.07. The molecule has 2 aromatic carbocycles. The number of ether oxygens (including phenoxy) is 3. The van der Waals surface area contributed by atoms with Gasteiger partial charge in [-0.05, 0) is 30.3 Å². The van der Waals surface area contributed by atoms with Crippen LogP contribution in [0.2, 0.25) is 5.02 Å². The molecule has 2 aromatic rings. The highest BCUT2D eigenvalue weighted by atomic mass is 35.5. The molecular weight excluding hydrogens is 434 g/mol. The molecule has 0 heterocycles. The molecule has 0 aliphatic carbocycles. The van der Waals surface area contributed by atoms with Gasteiger partial charge in [0.1, 0.15) is 12.3 Å². The lowest BCUT2D eigenvalue weighted by atomic mass is 10.2. The van der Waals surface area contributed by atoms with Crippen molar-refractivity contribution in [2.24, 2.45) is 5.10 Å². The number of hydrazone groups is 1. The van der Waals surface area contributed by atoms with Gasteiger partial charge in [0.2, 0.25) is 10.0 Å². The van der Waals surface area contributed by atoms with E-state index in [-0.39, 0.29) is 10.7 Å². The highest BCUT2D eigenvalue weighted by Crippen LogP contribution is 2.30. The first-order valence-electron chi connectivity index (χ1n) is 8.55. The minimum absolute atomic E-state index is 0.215. The lowest BCUT2D eigenvalue weighted by molar-refractivity contribution is -0.119. The standard InChI is InChI=1S/C19H22ClN3O6S/c1-27-16-9-8-14(10-15(16)20)23(30(4,25)26)12-18(24)22-21-11-13-6-5-7-17(28-2)19(13)29-3/h5-11H,12H2,1-4H3,(H,22,24)/b21-11-. The van der Waals surface area contributed by atoms with Crippen LogP contribution < -0.4 is 23.9 Å². The van der Waals surface area contributed by atoms with E-state index >= 15 is 0 Å². The third-order valence-corrected chi connectivity index (χ3v) is 5.37. The minimum Gasteiger partial charge on any atom is -0.495 e. The summed E-state index contributed by atoms with van der Waals surface area (Å²) in [6, 6.07) is 9.59. The summed E-state index contributed by atoms with van der Waals surface area (Å²) in [7, 11) is 0.670. The van der Waals surface area contributed by atoms with Crippen LogP contribution in [-0.2, 0) is 14.8 Å². The van der Waals surface area contributed by atoms with Crippen LogP contribution in [0.1, 0.15) is 5.56 Å². The van der Waals surface area contributed by atoms with E-state index in [1.165, 1.54) is 45.7 Å². The number of sulfonamides is 1. The van der Waals surface area contributed by atoms with Crippen molar-refractivity contribution >= 4 is 39.4 Å². The van der Waals surface area contributed by atoms with E-state index in [9.17, 15) is 13.2 Å². The zero-order valence-electron chi connectivity index (χ0n) is 16.9. The Morgan fingerprint density at radius 2 is 1.83 bits per heavy atom. The average molecular weight is 456 g/mol. The van der Waals surface area contributed by atoms with Crippen LogP contribution in [0.15, 0.2) is 41.5 Å². The summed E-state index contributed by atoms with van der Waals surface area (Å²) in [5.74, 6) is 0.691. The molecule has 0 bridgehead atoms. The summed E-state index contributed by atoms with van der Waals surface area (Å²) in [6.07, 6.45) is 2.36. The molecule has 1 N–H and O–H groups in total. The average Bonchev–Trinajstić information content (AvgIpc) is 2.70. The van der Waals surface area contributed by atoms with E-state index in [0.717, 1.165) is 10.6 Å². The van der Waals surface area contributed by atoms with Crippen molar-refractivity contribution in [3.05, 3.63) is 47.0 Å². The number of carbonyl (C=O) groups excluding carboxylic acids is 1. The van der Waals surface area contributed by atoms with E-state index in [4.69, 9.17) is 25.8 Å². The van der Waals surface area contributed by atoms with Crippen molar-refractivity contribution in [2.75, 3.05) is 38.4 Å². The molecule has 162 valence electrons. The summed E-state index contributed by atoms with van der Waals surface area (Å²) in [5.41, 5.74) is 3.09. The molecular formula is C19H22ClN3O6S. The summed E-state index contributed by atoms with van der Waals surface area (Å²) in [5, 5.41) is 4.09. The predicted molar refractivity (Wildman–Crippen MR) is 115 cm³/mol. The maximum Gasteiger partial charge on any atom is 0.260 e. The second-order valence-electron chi connectivity index (χ2n) is 5.96. The molecule has 0 aliphatic rings. The van der Waals surface area contributed by atoms with Gasteiger partial charge >= 0.3 is 0 Å². The van der Waals surface area contributed by atoms with Gasteiger partial charge in [-0.25, -0.2) is 13.8 Å². The molecule has 0 unspecified atom stereocenters. The topological polar surface area (TPSA) is 107 Å². The quantitative estimate of drug-likeness (QED) is 0.459. The van der Waals surface area contributed by atoms with Gasteiger partial charge in [-0.1, -0.05) is 17.7 Å². The Morgan fingerprint density at radius 1 is 1.13 bits per heavy atom. The molecule has 0 fully saturated rings. The predicted octanol–water partition coefficient (Wildman–Crippen LogP) is 2.28. The van der Waals surface area contributed by atoms with Gasteiger partial charge in [0.25, 0.3) is 5.91 Å². The Morgan fingerprint density at radius 3 is 2.40 bits per heavy atom. The smallest absolute Gasteiger partial charge is 0.260 e. The second kappa shape index (κ2) is 10.2. The van der Waals surface area contributed by atoms with Crippen molar-refractivity contribution in [3.8, 4) is 17.2 Å². The number of hydrogen-bond acceptors (Lipinski definition) is 7. The number of anilines is 1. The van der Waals surface area contributed by atoms with Crippen molar-refractivity contribution in [1.82, 2.24) is 5.43 Å². The molecule has 2 rings (SSSR count). The number of amides is 1. The van der Waals surface area contributed by atoms with E-state index in [2.05, 4.69) is 10.5 Å². The number of rotatable bonds is 9. The molecule has 0 saturated heterocycles. The van der Waals surface area contributed by atoms with E-state index in [1.807, 2.05) is 0 Å². The van der Waals surface area contributed by atoms with Gasteiger partial charge < -0.3 is 14.2 Å². The maximum atomic E-state index is 12.3. The molecule has 11 heteroatoms. The normalized spacial score (nSPS) is 11.2. The zero-order chi connectivity index (χ0) is 22.3. The van der Waals surface area contributed by atoms with Crippen LogP contribution in [0.4, 0.5) is 5.69 Å². The van der Waals surface area contributed by atoms with Crippen molar-refractivity contribution < 1.29 is 27.4 Å². The summed E-state index contributed by atoms with van der Waals surface area (Å²) < 4.78 is 40.8. The lowest BCUT2D eigenvalue weighted by Crippen LogP contribution is -2.39. The highest BCUT2D eigenvalue weighted by molar-refractivity contribution is 7.92. The van der Waals surface area contributed by atoms with Gasteiger partial charge in [-0.3, -0.25) is 9.10 Å². The minimum atomic E-state index is -3.76. The number of benzene rings is 2. The van der Waals surface area contributed by atoms with E-state index in [1.54, 1.807) is 18.2 Å². The number of nitrogens with zero attached hydrogens (tertiary/aromatic N) is 2. The second-order valence-corrected chi connectivity index (χ2v) is 8.28. The van der Waals surface area contributed by atoms with Crippen LogP contribution >= 0.6 is 11.6 Å². The monoisotopic (exact) mass is 455 g/mol. The molecule has 0 atom stereocenters. The van der Waals surface area contributed by atoms with Gasteiger partial charge in [-0.15, -0.1) is 0 Å². The Kier molecular flexibility index (Phi) is 7.90. The Hall–Kier alpha value is -2.98. The molecule has 1 amide bonds. The van der Waals surface area contributed by atoms with Crippen LogP contribution in [0, 0.1) is 0 Å². The van der Waals surface area contributed by atoms with E-state index < -0.39 is 22.5 Å². The SMILES string of the molecule is COc1ccc(N(CC(=O)N/N=C\c2cccc(OC)c2OC)S(C)(=O)=O)cc1Cl. The fraction of sp³-hybridized carbons (Fsp3) is 0.263. The van der Waals surface area contributed by atoms with Gasteiger partial charge in [0, 0.05) is 5.56 Å². The zero-order valence-corrected chi connectivity index (χ0v) is 18.5. The lowest BCUT2D eigenvalue weighted by Gasteiger charge is -2.22. The van der Waals surface area contributed by atoms with Crippen LogP contribution in [0.3, 0.4) is 0 Å². The molecule has 9 nitrogen and oxygen atoms in total. The largest absolute Gasteiger partial charge is 0.495 e. The Balaban J connectivity index is 2.16. The number of methoxy groups -OCH3 is 3. The van der Waals surface area contributed by atoms with Crippen molar-refractivity contribution in [2.45, 2.75) is 0 Å². The number of halogens is 1. The molecule has 30 heavy (non-hydrogen) atoms. The third kappa shape index (κ3) is 5.77. The van der Waals surface area contributed by atoms with Crippen LogP contribution in [0.25, 0.3) is 0 Å². The molecule has 0 aliphatic heterocycles. The van der Waals surface area contributed by atoms with E-state index in [0.29, 0.717) is 22.8 Å². The van der Waals surface area contributed by atoms with Gasteiger partial charge in [0.05, 0.1) is 44.5 Å². The molecule has 0 spiro atoms. The third-order valence-electron chi connectivity index (χ3n) is 3.94. The number of nitrogens with one attached hydrogen (secondary N) is 1. The number of hydrogen-bond donors (Lipinski definition) is 1. The van der Waals surface area contributed by atoms with Crippen molar-refractivity contribution in [1.29, 1.82) is 0 Å². The first kappa shape index (κ1) is 23.3. The summed E-state index contributed by atoms with van der Waals surface area (Å²) in [6.45, 7) is -0.492. The first-order chi connectivity index (χ1) is 14.2. The first-order valence-corrected chi connectivity index (χ1v) is 10.8. The van der Waals surface area contributed by atoms with Crippen molar-refractivity contribution in [3.63, 3.8) is 0 Å². The summed E-state index contributed by atoms with van der Waals surface area (Å²) in [4.78, 5) is 12.3. The Bertz CT molecular complexity index is 1040. The molecule has 0 radical (unpaired) electrons. The maximum absolute atomic E-state index is 12.3. The van der Waals surface area contributed by atoms with Crippen LogP contribution in [0.5, 0.6) is 17.2 Å². The Labute approximate surface area is 180 Å². The highest BCUT2D eigenvalue weighted by Gasteiger charge is 2.21. The van der Waals surface area contributed by atoms with Crippen LogP contribution in [-0.4, -0.2) is 54.7 Å². The number of para-hydroxylation sites is 1. The molecule has 0 aromatic heterocycles. The van der Waals surface area contributed by atoms with Gasteiger partial charge in [-0.2, -0.15) is 5.10 Å². The number of carbonyl (C=O) groups is 1. The fourth-order valence-corrected chi connectivity index (χ4v) is 3.66. The molecule has 0 saturated carbocycles. The fourth-order valence-electron chi connectivity index (χ4n) is 2.56. The van der Waals surface area contributed by atoms with Gasteiger partial charge in [0.15, 0.2) is 11.5 Å².